The molecule has 2 aromatic carbocycles. The monoisotopic (exact) mass is 382 g/mol. The average Bonchev–Trinajstić information content (AvgIpc) is 3.21. The van der Waals surface area contributed by atoms with Gasteiger partial charge in [-0.3, -0.25) is 0 Å². The Morgan fingerprint density at radius 1 is 1.00 bits per heavy atom. The van der Waals surface area contributed by atoms with E-state index in [-0.39, 0.29) is 0 Å². The van der Waals surface area contributed by atoms with Gasteiger partial charge in [-0.15, -0.1) is 11.3 Å². The van der Waals surface area contributed by atoms with Crippen molar-refractivity contribution in [3.05, 3.63) is 75.3 Å². The van der Waals surface area contributed by atoms with Crippen LogP contribution in [0.3, 0.4) is 0 Å². The maximum absolute atomic E-state index is 5.99. The zero-order valence-electron chi connectivity index (χ0n) is 14.9. The lowest BCUT2D eigenvalue weighted by molar-refractivity contribution is -0.00507. The molecule has 0 spiro atoms. The van der Waals surface area contributed by atoms with Gasteiger partial charge in [0.05, 0.1) is 16.3 Å². The Labute approximate surface area is 162 Å². The predicted octanol–water partition coefficient (Wildman–Crippen LogP) is 6.12. The van der Waals surface area contributed by atoms with Crippen LogP contribution in [-0.4, -0.2) is 10.7 Å². The first kappa shape index (κ1) is 17.3. The molecule has 5 heteroatoms. The van der Waals surface area contributed by atoms with Crippen LogP contribution >= 0.6 is 22.9 Å². The molecule has 0 N–H and O–H groups in total. The molecule has 1 aromatic heterocycles. The molecule has 1 aliphatic heterocycles. The summed E-state index contributed by atoms with van der Waals surface area (Å²) in [5.41, 5.74) is 4.90. The van der Waals surface area contributed by atoms with E-state index in [1.54, 1.807) is 11.3 Å². The van der Waals surface area contributed by atoms with E-state index in [4.69, 9.17) is 21.4 Å². The van der Waals surface area contributed by atoms with E-state index in [0.29, 0.717) is 0 Å². The minimum Gasteiger partial charge on any atom is -0.383 e. The first-order valence-electron chi connectivity index (χ1n) is 8.50. The second-order valence-electron chi connectivity index (χ2n) is 6.84. The molecule has 132 valence electrons. The van der Waals surface area contributed by atoms with Crippen molar-refractivity contribution in [2.45, 2.75) is 32.8 Å². The second kappa shape index (κ2) is 6.53. The number of hydrogen-bond acceptors (Lipinski definition) is 4. The van der Waals surface area contributed by atoms with Crippen LogP contribution in [0.2, 0.25) is 5.02 Å². The normalized spacial score (nSPS) is 19.3. The van der Waals surface area contributed by atoms with E-state index in [9.17, 15) is 0 Å². The molecule has 0 saturated heterocycles. The Hall–Kier alpha value is -2.17. The predicted molar refractivity (Wildman–Crippen MR) is 108 cm³/mol. The highest BCUT2D eigenvalue weighted by Crippen LogP contribution is 2.42. The molecule has 0 fully saturated rings. The number of thiazole rings is 1. The topological polar surface area (TPSA) is 34.5 Å². The van der Waals surface area contributed by atoms with Gasteiger partial charge in [0.2, 0.25) is 0 Å². The van der Waals surface area contributed by atoms with Crippen LogP contribution in [0.15, 0.2) is 53.7 Å². The summed E-state index contributed by atoms with van der Waals surface area (Å²) in [5, 5.41) is 6.08. The van der Waals surface area contributed by atoms with E-state index >= 15 is 0 Å². The Bertz CT molecular complexity index is 976. The highest BCUT2D eigenvalue weighted by atomic mass is 35.5. The fraction of sp³-hybridized carbons (Fsp3) is 0.238. The van der Waals surface area contributed by atoms with Crippen molar-refractivity contribution in [1.82, 2.24) is 4.98 Å². The van der Waals surface area contributed by atoms with Crippen LogP contribution in [0.4, 0.5) is 0 Å². The van der Waals surface area contributed by atoms with Crippen molar-refractivity contribution in [1.29, 1.82) is 0 Å². The third-order valence-electron chi connectivity index (χ3n) is 4.61. The summed E-state index contributed by atoms with van der Waals surface area (Å²) in [6, 6.07) is 16.2. The fourth-order valence-electron chi connectivity index (χ4n) is 3.17. The summed E-state index contributed by atoms with van der Waals surface area (Å²) < 4.78 is 0. The summed E-state index contributed by atoms with van der Waals surface area (Å²) in [6.07, 6.45) is 0.735. The smallest absolute Gasteiger partial charge is 0.176 e. The van der Waals surface area contributed by atoms with Gasteiger partial charge in [0.15, 0.2) is 5.60 Å². The first-order chi connectivity index (χ1) is 12.4. The average molecular weight is 383 g/mol. The van der Waals surface area contributed by atoms with Crippen LogP contribution in [0.25, 0.3) is 10.6 Å². The molecule has 1 atom stereocenters. The number of hydrogen-bond donors (Lipinski definition) is 0. The molecule has 1 unspecified atom stereocenters. The molecule has 0 bridgehead atoms. The van der Waals surface area contributed by atoms with Gasteiger partial charge in [-0.1, -0.05) is 58.7 Å². The van der Waals surface area contributed by atoms with Gasteiger partial charge in [0, 0.05) is 17.0 Å². The van der Waals surface area contributed by atoms with Crippen molar-refractivity contribution in [3.63, 3.8) is 0 Å². The van der Waals surface area contributed by atoms with Gasteiger partial charge >= 0.3 is 0 Å². The first-order valence-corrected chi connectivity index (χ1v) is 9.70. The number of nitrogens with zero attached hydrogens (tertiary/aromatic N) is 2. The Morgan fingerprint density at radius 2 is 1.65 bits per heavy atom. The van der Waals surface area contributed by atoms with Crippen molar-refractivity contribution < 1.29 is 4.84 Å². The molecule has 0 amide bonds. The molecular formula is C21H19ClN2OS. The molecule has 26 heavy (non-hydrogen) atoms. The number of benzene rings is 2. The highest BCUT2D eigenvalue weighted by Gasteiger charge is 2.40. The van der Waals surface area contributed by atoms with E-state index in [2.05, 4.69) is 43.3 Å². The summed E-state index contributed by atoms with van der Waals surface area (Å²) in [6.45, 7) is 6.20. The Balaban J connectivity index is 1.62. The summed E-state index contributed by atoms with van der Waals surface area (Å²) >= 11 is 7.65. The van der Waals surface area contributed by atoms with Gasteiger partial charge in [0.1, 0.15) is 5.01 Å². The maximum Gasteiger partial charge on any atom is 0.176 e. The van der Waals surface area contributed by atoms with Gasteiger partial charge in [-0.2, -0.15) is 0 Å². The fourth-order valence-corrected chi connectivity index (χ4v) is 4.44. The van der Waals surface area contributed by atoms with Gasteiger partial charge in [0.25, 0.3) is 0 Å². The maximum atomic E-state index is 5.99. The highest BCUT2D eigenvalue weighted by molar-refractivity contribution is 7.15. The number of aromatic nitrogens is 1. The molecule has 0 aliphatic carbocycles. The zero-order chi connectivity index (χ0) is 18.3. The van der Waals surface area contributed by atoms with Gasteiger partial charge in [-0.25, -0.2) is 4.98 Å². The molecular weight excluding hydrogens is 364 g/mol. The molecule has 3 aromatic rings. The van der Waals surface area contributed by atoms with Crippen molar-refractivity contribution >= 4 is 28.6 Å². The zero-order valence-corrected chi connectivity index (χ0v) is 16.5. The summed E-state index contributed by atoms with van der Waals surface area (Å²) in [4.78, 5) is 11.8. The summed E-state index contributed by atoms with van der Waals surface area (Å²) in [5.74, 6) is 0. The number of aryl methyl sites for hydroxylation is 2. The molecule has 0 radical (unpaired) electrons. The molecule has 2 heterocycles. The number of halogens is 1. The Kier molecular flexibility index (Phi) is 4.33. The lowest BCUT2D eigenvalue weighted by atomic mass is 9.93. The van der Waals surface area contributed by atoms with Crippen LogP contribution in [-0.2, 0) is 10.4 Å². The van der Waals surface area contributed by atoms with Gasteiger partial charge < -0.3 is 4.84 Å². The largest absolute Gasteiger partial charge is 0.383 e. The third-order valence-corrected chi connectivity index (χ3v) is 6.32. The lowest BCUT2D eigenvalue weighted by Crippen LogP contribution is -2.21. The number of oxime groups is 1. The SMILES string of the molecule is Cc1ccc(C2=NOC(C)(c3sc(-c4ccc(Cl)cc4)nc3C)C2)cc1. The lowest BCUT2D eigenvalue weighted by Gasteiger charge is -2.20. The van der Waals surface area contributed by atoms with Crippen LogP contribution < -0.4 is 0 Å². The summed E-state index contributed by atoms with van der Waals surface area (Å²) in [7, 11) is 0. The Morgan fingerprint density at radius 3 is 2.35 bits per heavy atom. The van der Waals surface area contributed by atoms with Crippen molar-refractivity contribution in [3.8, 4) is 10.6 Å². The second-order valence-corrected chi connectivity index (χ2v) is 8.28. The molecule has 3 nitrogen and oxygen atoms in total. The minimum atomic E-state index is -0.480. The molecule has 4 rings (SSSR count). The van der Waals surface area contributed by atoms with E-state index in [1.807, 2.05) is 31.2 Å². The van der Waals surface area contributed by atoms with E-state index < -0.39 is 5.60 Å². The van der Waals surface area contributed by atoms with E-state index in [0.717, 1.165) is 43.9 Å². The van der Waals surface area contributed by atoms with Crippen LogP contribution in [0, 0.1) is 13.8 Å². The van der Waals surface area contributed by atoms with Crippen molar-refractivity contribution in [2.75, 3.05) is 0 Å². The van der Waals surface area contributed by atoms with Crippen molar-refractivity contribution in [2.24, 2.45) is 5.16 Å². The molecule has 1 aliphatic rings. The number of rotatable bonds is 3. The quantitative estimate of drug-likeness (QED) is 0.546. The van der Waals surface area contributed by atoms with E-state index in [1.165, 1.54) is 5.56 Å². The minimum absolute atomic E-state index is 0.480. The standard InChI is InChI=1S/C21H19ClN2OS/c1-13-4-6-15(7-5-13)18-12-21(3,25-24-18)19-14(2)23-20(26-19)16-8-10-17(22)11-9-16/h4-11H,12H2,1-3H3. The van der Waals surface area contributed by atoms with Gasteiger partial charge in [-0.05, 0) is 38.5 Å². The van der Waals surface area contributed by atoms with Crippen LogP contribution in [0.5, 0.6) is 0 Å². The molecule has 0 saturated carbocycles. The third kappa shape index (κ3) is 3.15. The van der Waals surface area contributed by atoms with Crippen LogP contribution in [0.1, 0.15) is 35.0 Å².